The molecule has 1 atom stereocenters. The van der Waals surface area contributed by atoms with Gasteiger partial charge < -0.3 is 25.2 Å². The van der Waals surface area contributed by atoms with E-state index in [0.717, 1.165) is 41.7 Å². The van der Waals surface area contributed by atoms with Crippen molar-refractivity contribution < 1.29 is 65.7 Å². The van der Waals surface area contributed by atoms with Gasteiger partial charge >= 0.3 is 24.3 Å². The molecule has 4 rings (SSSR count). The van der Waals surface area contributed by atoms with Crippen LogP contribution < -0.4 is 15.5 Å². The minimum Gasteiger partial charge on any atom is -0.489 e. The molecule has 3 aromatic rings. The number of nitrogens with zero attached hydrogens (tertiary/aromatic N) is 2. The molecule has 0 saturated carbocycles. The first-order chi connectivity index (χ1) is 22.8. The number of ether oxygens (including phenoxy) is 1. The first kappa shape index (κ1) is 40.2. The summed E-state index contributed by atoms with van der Waals surface area (Å²) in [6, 6.07) is 17.0. The van der Waals surface area contributed by atoms with Gasteiger partial charge in [-0.05, 0) is 76.2 Å². The molecule has 49 heavy (non-hydrogen) atoms. The molecule has 18 heteroatoms. The Hall–Kier alpha value is -4.97. The van der Waals surface area contributed by atoms with E-state index < -0.39 is 35.7 Å². The molecule has 0 spiro atoms. The van der Waals surface area contributed by atoms with E-state index in [9.17, 15) is 35.9 Å². The SMILES string of the molecule is Cc1cc(COc2ccc(C(=O)NC3(CC(=O)NO)CCCN(C)CC3)cc2)c2ccccc2n1.O=C(O)C(F)(F)F.O=C(O)C(F)(F)F. The zero-order valence-corrected chi connectivity index (χ0v) is 26.2. The van der Waals surface area contributed by atoms with Crippen LogP contribution in [0, 0.1) is 6.92 Å². The third-order valence-electron chi connectivity index (χ3n) is 7.10. The van der Waals surface area contributed by atoms with E-state index in [-0.39, 0.29) is 12.3 Å². The lowest BCUT2D eigenvalue weighted by Crippen LogP contribution is -2.51. The number of rotatable bonds is 7. The molecule has 268 valence electrons. The maximum Gasteiger partial charge on any atom is 0.490 e. The average Bonchev–Trinajstić information content (AvgIpc) is 3.20. The zero-order chi connectivity index (χ0) is 37.0. The van der Waals surface area contributed by atoms with Crippen LogP contribution in [0.4, 0.5) is 26.3 Å². The fourth-order valence-corrected chi connectivity index (χ4v) is 4.71. The van der Waals surface area contributed by atoms with Gasteiger partial charge in [-0.25, -0.2) is 15.1 Å². The second-order valence-electron chi connectivity index (χ2n) is 11.0. The molecule has 1 unspecified atom stereocenters. The average molecular weight is 705 g/mol. The molecule has 0 radical (unpaired) electrons. The number of carbonyl (C=O) groups excluding carboxylic acids is 2. The van der Waals surface area contributed by atoms with Gasteiger partial charge in [0.05, 0.1) is 17.5 Å². The van der Waals surface area contributed by atoms with E-state index in [2.05, 4.69) is 15.2 Å². The van der Waals surface area contributed by atoms with Gasteiger partial charge in [-0.1, -0.05) is 18.2 Å². The number of hydrogen-bond donors (Lipinski definition) is 5. The number of para-hydroxylation sites is 1. The number of aromatic nitrogens is 1. The van der Waals surface area contributed by atoms with Crippen LogP contribution >= 0.6 is 0 Å². The first-order valence-electron chi connectivity index (χ1n) is 14.4. The number of halogens is 6. The van der Waals surface area contributed by atoms with E-state index in [1.165, 1.54) is 0 Å². The van der Waals surface area contributed by atoms with Crippen LogP contribution in [0.25, 0.3) is 10.9 Å². The molecule has 12 nitrogen and oxygen atoms in total. The monoisotopic (exact) mass is 704 g/mol. The quantitative estimate of drug-likeness (QED) is 0.130. The van der Waals surface area contributed by atoms with Crippen molar-refractivity contribution in [2.24, 2.45) is 0 Å². The number of carbonyl (C=O) groups is 4. The Kier molecular flexibility index (Phi) is 14.3. The third kappa shape index (κ3) is 13.2. The fraction of sp³-hybridized carbons (Fsp3) is 0.387. The number of aryl methyl sites for hydroxylation is 1. The van der Waals surface area contributed by atoms with E-state index in [0.29, 0.717) is 30.8 Å². The molecular formula is C31H34F6N4O8. The number of hydroxylamine groups is 1. The van der Waals surface area contributed by atoms with Crippen LogP contribution in [-0.2, 0) is 21.0 Å². The number of fused-ring (bicyclic) bond motifs is 1. The molecule has 1 aliphatic heterocycles. The van der Waals surface area contributed by atoms with E-state index in [1.54, 1.807) is 29.7 Å². The molecule has 1 aliphatic rings. The van der Waals surface area contributed by atoms with Crippen LogP contribution in [0.5, 0.6) is 5.75 Å². The molecule has 0 aliphatic carbocycles. The Morgan fingerprint density at radius 3 is 2.04 bits per heavy atom. The molecule has 0 bridgehead atoms. The molecule has 2 aromatic carbocycles. The van der Waals surface area contributed by atoms with E-state index >= 15 is 0 Å². The molecule has 2 amide bonds. The predicted octanol–water partition coefficient (Wildman–Crippen LogP) is 4.87. The van der Waals surface area contributed by atoms with Gasteiger partial charge in [-0.2, -0.15) is 26.3 Å². The lowest BCUT2D eigenvalue weighted by molar-refractivity contribution is -0.193. The summed E-state index contributed by atoms with van der Waals surface area (Å²) in [5.74, 6) is -5.61. The lowest BCUT2D eigenvalue weighted by Gasteiger charge is -2.33. The maximum atomic E-state index is 13.1. The standard InChI is InChI=1S/C27H32N4O4.2C2HF3O2/c1-19-16-21(23-6-3-4-7-24(23)28-19)18-35-22-10-8-20(9-11-22)26(33)29-27(17-25(32)30-34)12-5-14-31(2)15-13-27;2*3-2(4,5)1(6)7/h3-4,6-11,16,34H,5,12-15,17-18H2,1-2H3,(H,29,33)(H,30,32);2*(H,6,7). The topological polar surface area (TPSA) is 178 Å². The van der Waals surface area contributed by atoms with E-state index in [4.69, 9.17) is 29.7 Å². The minimum atomic E-state index is -5.08. The van der Waals surface area contributed by atoms with Gasteiger partial charge in [0.15, 0.2) is 0 Å². The smallest absolute Gasteiger partial charge is 0.489 e. The van der Waals surface area contributed by atoms with Crippen molar-refractivity contribution in [2.45, 2.75) is 57.1 Å². The first-order valence-corrected chi connectivity index (χ1v) is 14.4. The zero-order valence-electron chi connectivity index (χ0n) is 26.2. The summed E-state index contributed by atoms with van der Waals surface area (Å²) in [6.07, 6.45) is -7.99. The molecular weight excluding hydrogens is 670 g/mol. The second kappa shape index (κ2) is 17.4. The highest BCUT2D eigenvalue weighted by Gasteiger charge is 2.39. The van der Waals surface area contributed by atoms with Crippen LogP contribution in [-0.4, -0.2) is 87.1 Å². The van der Waals surface area contributed by atoms with Crippen molar-refractivity contribution in [3.8, 4) is 5.75 Å². The predicted molar refractivity (Wildman–Crippen MR) is 161 cm³/mol. The number of carboxylic acids is 2. The Morgan fingerprint density at radius 2 is 1.49 bits per heavy atom. The number of benzene rings is 2. The Labute approximate surface area is 275 Å². The van der Waals surface area contributed by atoms with Crippen molar-refractivity contribution in [2.75, 3.05) is 20.1 Å². The van der Waals surface area contributed by atoms with Gasteiger partial charge in [-0.15, -0.1) is 0 Å². The van der Waals surface area contributed by atoms with Crippen LogP contribution in [0.2, 0.25) is 0 Å². The summed E-state index contributed by atoms with van der Waals surface area (Å²) < 4.78 is 69.5. The summed E-state index contributed by atoms with van der Waals surface area (Å²) >= 11 is 0. The van der Waals surface area contributed by atoms with Gasteiger partial charge in [0.25, 0.3) is 5.91 Å². The molecule has 1 aromatic heterocycles. The summed E-state index contributed by atoms with van der Waals surface area (Å²) in [5, 5.41) is 27.4. The number of likely N-dealkylation sites (tertiary alicyclic amines) is 1. The third-order valence-corrected chi connectivity index (χ3v) is 7.10. The normalized spacial score (nSPS) is 16.5. The van der Waals surface area contributed by atoms with Gasteiger partial charge in [0, 0.05) is 28.8 Å². The van der Waals surface area contributed by atoms with Crippen LogP contribution in [0.3, 0.4) is 0 Å². The summed E-state index contributed by atoms with van der Waals surface area (Å²) in [6.45, 7) is 4.01. The number of amides is 2. The summed E-state index contributed by atoms with van der Waals surface area (Å²) in [7, 11) is 2.03. The van der Waals surface area contributed by atoms with Crippen molar-refractivity contribution in [3.63, 3.8) is 0 Å². The fourth-order valence-electron chi connectivity index (χ4n) is 4.71. The minimum absolute atomic E-state index is 0.0313. The highest BCUT2D eigenvalue weighted by Crippen LogP contribution is 2.27. The van der Waals surface area contributed by atoms with Crippen molar-refractivity contribution >= 4 is 34.7 Å². The molecule has 1 fully saturated rings. The van der Waals surface area contributed by atoms with Gasteiger partial charge in [0.1, 0.15) is 12.4 Å². The van der Waals surface area contributed by atoms with E-state index in [1.807, 2.05) is 44.3 Å². The largest absolute Gasteiger partial charge is 0.490 e. The number of nitrogens with one attached hydrogen (secondary N) is 2. The number of pyridine rings is 1. The molecule has 2 heterocycles. The highest BCUT2D eigenvalue weighted by molar-refractivity contribution is 5.95. The lowest BCUT2D eigenvalue weighted by atomic mass is 9.86. The Bertz CT molecular complexity index is 1580. The second-order valence-corrected chi connectivity index (χ2v) is 11.0. The van der Waals surface area contributed by atoms with Crippen molar-refractivity contribution in [1.29, 1.82) is 0 Å². The number of carboxylic acid groups (broad SMARTS) is 2. The molecule has 1 saturated heterocycles. The Balaban J connectivity index is 0.000000500. The van der Waals surface area contributed by atoms with Crippen LogP contribution in [0.1, 0.15) is 47.3 Å². The van der Waals surface area contributed by atoms with Gasteiger partial charge in [-0.3, -0.25) is 19.8 Å². The summed E-state index contributed by atoms with van der Waals surface area (Å²) in [5.41, 5.74) is 4.42. The number of alkyl halides is 6. The molecule has 5 N–H and O–H groups in total. The Morgan fingerprint density at radius 1 is 0.918 bits per heavy atom. The van der Waals surface area contributed by atoms with Crippen molar-refractivity contribution in [3.05, 3.63) is 71.4 Å². The maximum absolute atomic E-state index is 13.1. The summed E-state index contributed by atoms with van der Waals surface area (Å²) in [4.78, 5) is 49.6. The number of hydrogen-bond acceptors (Lipinski definition) is 8. The number of aliphatic carboxylic acids is 2. The van der Waals surface area contributed by atoms with Crippen molar-refractivity contribution in [1.82, 2.24) is 20.7 Å². The highest BCUT2D eigenvalue weighted by atomic mass is 19.4. The van der Waals surface area contributed by atoms with Crippen LogP contribution in [0.15, 0.2) is 54.6 Å². The van der Waals surface area contributed by atoms with Gasteiger partial charge in [0.2, 0.25) is 5.91 Å².